The summed E-state index contributed by atoms with van der Waals surface area (Å²) in [7, 11) is 1.27. The number of carbonyl (C=O) groups is 2. The van der Waals surface area contributed by atoms with Gasteiger partial charge < -0.3 is 9.84 Å². The van der Waals surface area contributed by atoms with Crippen LogP contribution in [0.1, 0.15) is 20.7 Å². The van der Waals surface area contributed by atoms with Crippen molar-refractivity contribution >= 4 is 39.6 Å². The van der Waals surface area contributed by atoms with Crippen molar-refractivity contribution in [2.45, 2.75) is 9.79 Å². The molecule has 4 nitrogen and oxygen atoms in total. The van der Waals surface area contributed by atoms with Gasteiger partial charge in [0.15, 0.2) is 0 Å². The fourth-order valence-electron chi connectivity index (χ4n) is 1.65. The highest BCUT2D eigenvalue weighted by molar-refractivity contribution is 9.10. The van der Waals surface area contributed by atoms with Crippen molar-refractivity contribution in [2.75, 3.05) is 7.11 Å². The van der Waals surface area contributed by atoms with Gasteiger partial charge in [-0.1, -0.05) is 27.7 Å². The maximum atomic E-state index is 11.8. The van der Waals surface area contributed by atoms with E-state index in [0.29, 0.717) is 4.90 Å². The van der Waals surface area contributed by atoms with Gasteiger partial charge in [-0.05, 0) is 42.5 Å². The van der Waals surface area contributed by atoms with Gasteiger partial charge in [-0.25, -0.2) is 9.59 Å². The molecule has 0 fully saturated rings. The lowest BCUT2D eigenvalue weighted by Crippen LogP contribution is -2.06. The van der Waals surface area contributed by atoms with Gasteiger partial charge in [0.25, 0.3) is 0 Å². The molecule has 0 spiro atoms. The summed E-state index contributed by atoms with van der Waals surface area (Å²) in [5, 5.41) is 9.01. The van der Waals surface area contributed by atoms with Crippen LogP contribution >= 0.6 is 27.7 Å². The number of hydrogen-bond acceptors (Lipinski definition) is 4. The van der Waals surface area contributed by atoms with Crippen molar-refractivity contribution in [1.29, 1.82) is 0 Å². The van der Waals surface area contributed by atoms with Crippen LogP contribution in [0.3, 0.4) is 0 Å². The number of benzene rings is 2. The summed E-state index contributed by atoms with van der Waals surface area (Å²) >= 11 is 4.73. The molecular weight excluding hydrogens is 356 g/mol. The number of esters is 1. The number of carboxylic acid groups (broad SMARTS) is 1. The Kier molecular flexibility index (Phi) is 5.03. The van der Waals surface area contributed by atoms with E-state index < -0.39 is 11.9 Å². The van der Waals surface area contributed by atoms with Gasteiger partial charge >= 0.3 is 11.9 Å². The number of halogens is 1. The molecule has 0 aliphatic heterocycles. The quantitative estimate of drug-likeness (QED) is 0.825. The van der Waals surface area contributed by atoms with Crippen LogP contribution in [0.2, 0.25) is 0 Å². The monoisotopic (exact) mass is 366 g/mol. The molecule has 0 saturated carbocycles. The average molecular weight is 367 g/mol. The minimum absolute atomic E-state index is 0.0514. The first-order chi connectivity index (χ1) is 10.0. The van der Waals surface area contributed by atoms with Crippen molar-refractivity contribution in [3.63, 3.8) is 0 Å². The van der Waals surface area contributed by atoms with E-state index in [2.05, 4.69) is 15.9 Å². The van der Waals surface area contributed by atoms with E-state index in [1.165, 1.54) is 31.0 Å². The largest absolute Gasteiger partial charge is 0.478 e. The van der Waals surface area contributed by atoms with Crippen LogP contribution in [0.5, 0.6) is 0 Å². The Labute approximate surface area is 134 Å². The molecule has 0 amide bonds. The molecule has 0 aliphatic carbocycles. The highest BCUT2D eigenvalue weighted by atomic mass is 79.9. The Morgan fingerprint density at radius 1 is 1.14 bits per heavy atom. The second-order valence-corrected chi connectivity index (χ2v) is 6.09. The number of carbonyl (C=O) groups excluding carboxylic acids is 1. The van der Waals surface area contributed by atoms with E-state index in [1.54, 1.807) is 6.07 Å². The molecule has 0 unspecified atom stereocenters. The minimum Gasteiger partial charge on any atom is -0.478 e. The summed E-state index contributed by atoms with van der Waals surface area (Å²) in [6, 6.07) is 12.0. The smallest absolute Gasteiger partial charge is 0.339 e. The maximum Gasteiger partial charge on any atom is 0.339 e. The van der Waals surface area contributed by atoms with Crippen molar-refractivity contribution in [3.05, 3.63) is 58.1 Å². The highest BCUT2D eigenvalue weighted by Crippen LogP contribution is 2.32. The molecule has 108 valence electrons. The van der Waals surface area contributed by atoms with E-state index in [-0.39, 0.29) is 11.1 Å². The van der Waals surface area contributed by atoms with Crippen LogP contribution in [0.4, 0.5) is 0 Å². The van der Waals surface area contributed by atoms with Crippen molar-refractivity contribution in [3.8, 4) is 0 Å². The van der Waals surface area contributed by atoms with E-state index in [1.807, 2.05) is 24.3 Å². The lowest BCUT2D eigenvalue weighted by Gasteiger charge is -2.09. The van der Waals surface area contributed by atoms with Crippen LogP contribution in [-0.2, 0) is 4.74 Å². The summed E-state index contributed by atoms with van der Waals surface area (Å²) in [6.45, 7) is 0. The molecule has 6 heteroatoms. The zero-order valence-electron chi connectivity index (χ0n) is 11.0. The minimum atomic E-state index is -1.08. The first-order valence-corrected chi connectivity index (χ1v) is 7.51. The van der Waals surface area contributed by atoms with Gasteiger partial charge in [-0.3, -0.25) is 0 Å². The van der Waals surface area contributed by atoms with E-state index in [4.69, 9.17) is 9.84 Å². The third-order valence-electron chi connectivity index (χ3n) is 2.67. The number of hydrogen-bond donors (Lipinski definition) is 1. The Morgan fingerprint density at radius 3 is 2.38 bits per heavy atom. The van der Waals surface area contributed by atoms with Gasteiger partial charge in [0.1, 0.15) is 0 Å². The normalized spacial score (nSPS) is 10.2. The van der Waals surface area contributed by atoms with Crippen LogP contribution in [-0.4, -0.2) is 24.2 Å². The highest BCUT2D eigenvalue weighted by Gasteiger charge is 2.16. The van der Waals surface area contributed by atoms with Crippen molar-refractivity contribution in [2.24, 2.45) is 0 Å². The first-order valence-electron chi connectivity index (χ1n) is 5.90. The molecule has 0 heterocycles. The standard InChI is InChI=1S/C15H11BrO4S/c1-20-15(19)12-8-9(14(17)18)2-7-13(12)21-11-5-3-10(16)4-6-11/h2-8H,1H3,(H,17,18). The lowest BCUT2D eigenvalue weighted by atomic mass is 10.1. The molecule has 2 aromatic carbocycles. The third kappa shape index (κ3) is 3.86. The summed E-state index contributed by atoms with van der Waals surface area (Å²) in [4.78, 5) is 24.4. The molecule has 0 bridgehead atoms. The summed E-state index contributed by atoms with van der Waals surface area (Å²) < 4.78 is 5.68. The van der Waals surface area contributed by atoms with Gasteiger partial charge in [0.05, 0.1) is 18.2 Å². The SMILES string of the molecule is COC(=O)c1cc(C(=O)O)ccc1Sc1ccc(Br)cc1. The molecule has 0 saturated heterocycles. The Morgan fingerprint density at radius 2 is 1.81 bits per heavy atom. The van der Waals surface area contributed by atoms with Gasteiger partial charge in [0, 0.05) is 14.3 Å². The van der Waals surface area contributed by atoms with Crippen LogP contribution < -0.4 is 0 Å². The van der Waals surface area contributed by atoms with Crippen LogP contribution in [0.25, 0.3) is 0 Å². The van der Waals surface area contributed by atoms with E-state index in [0.717, 1.165) is 9.37 Å². The van der Waals surface area contributed by atoms with Gasteiger partial charge in [0.2, 0.25) is 0 Å². The zero-order chi connectivity index (χ0) is 15.4. The molecule has 0 aromatic heterocycles. The number of aromatic carboxylic acids is 1. The number of rotatable bonds is 4. The topological polar surface area (TPSA) is 63.6 Å². The average Bonchev–Trinajstić information content (AvgIpc) is 2.49. The Hall–Kier alpha value is -1.79. The molecule has 0 aliphatic rings. The third-order valence-corrected chi connectivity index (χ3v) is 4.29. The molecule has 2 rings (SSSR count). The molecule has 21 heavy (non-hydrogen) atoms. The Balaban J connectivity index is 2.40. The molecule has 0 atom stereocenters. The van der Waals surface area contributed by atoms with Gasteiger partial charge in [-0.15, -0.1) is 0 Å². The van der Waals surface area contributed by atoms with Crippen molar-refractivity contribution < 1.29 is 19.4 Å². The van der Waals surface area contributed by atoms with Crippen molar-refractivity contribution in [1.82, 2.24) is 0 Å². The Bertz CT molecular complexity index is 683. The number of methoxy groups -OCH3 is 1. The van der Waals surface area contributed by atoms with E-state index >= 15 is 0 Å². The molecule has 1 N–H and O–H groups in total. The predicted molar refractivity (Wildman–Crippen MR) is 83.0 cm³/mol. The second-order valence-electron chi connectivity index (χ2n) is 4.06. The van der Waals surface area contributed by atoms with Crippen LogP contribution in [0.15, 0.2) is 56.7 Å². The molecule has 2 aromatic rings. The number of ether oxygens (including phenoxy) is 1. The van der Waals surface area contributed by atoms with Gasteiger partial charge in [-0.2, -0.15) is 0 Å². The number of carboxylic acids is 1. The first kappa shape index (κ1) is 15.6. The zero-order valence-corrected chi connectivity index (χ0v) is 13.4. The summed E-state index contributed by atoms with van der Waals surface area (Å²) in [5.74, 6) is -1.64. The van der Waals surface area contributed by atoms with Crippen LogP contribution in [0, 0.1) is 0 Å². The molecular formula is C15H11BrO4S. The lowest BCUT2D eigenvalue weighted by molar-refractivity contribution is 0.0597. The second kappa shape index (κ2) is 6.78. The fraction of sp³-hybridized carbons (Fsp3) is 0.0667. The summed E-state index contributed by atoms with van der Waals surface area (Å²) in [5.41, 5.74) is 0.292. The molecule has 0 radical (unpaired) electrons. The summed E-state index contributed by atoms with van der Waals surface area (Å²) in [6.07, 6.45) is 0. The maximum absolute atomic E-state index is 11.8. The fourth-order valence-corrected chi connectivity index (χ4v) is 2.83. The predicted octanol–water partition coefficient (Wildman–Crippen LogP) is 4.09. The van der Waals surface area contributed by atoms with E-state index in [9.17, 15) is 9.59 Å².